The zero-order chi connectivity index (χ0) is 31.5. The summed E-state index contributed by atoms with van der Waals surface area (Å²) < 4.78 is 6.67. The molecule has 0 saturated carbocycles. The van der Waals surface area contributed by atoms with Crippen molar-refractivity contribution in [3.8, 4) is 0 Å². The highest BCUT2D eigenvalue weighted by Crippen LogP contribution is 2.56. The second kappa shape index (κ2) is 12.4. The van der Waals surface area contributed by atoms with Crippen LogP contribution in [0, 0.1) is 35.5 Å². The average molecular weight is 624 g/mol. The summed E-state index contributed by atoms with van der Waals surface area (Å²) >= 11 is 0. The summed E-state index contributed by atoms with van der Waals surface area (Å²) in [5, 5.41) is 4.13. The van der Waals surface area contributed by atoms with Gasteiger partial charge in [0, 0.05) is 41.1 Å². The summed E-state index contributed by atoms with van der Waals surface area (Å²) in [4.78, 5) is 0. The van der Waals surface area contributed by atoms with Gasteiger partial charge in [-0.05, 0) is 129 Å². The van der Waals surface area contributed by atoms with Crippen LogP contribution in [0.25, 0.3) is 11.6 Å². The Morgan fingerprint density at radius 2 is 1.81 bits per heavy atom. The van der Waals surface area contributed by atoms with Crippen LogP contribution < -0.4 is 5.32 Å². The third kappa shape index (κ3) is 5.34. The summed E-state index contributed by atoms with van der Waals surface area (Å²) in [6.07, 6.45) is 45.7. The normalized spacial score (nSPS) is 34.4. The van der Waals surface area contributed by atoms with Gasteiger partial charge in [-0.25, -0.2) is 0 Å². The second-order valence-electron chi connectivity index (χ2n) is 16.0. The van der Waals surface area contributed by atoms with Crippen LogP contribution in [0.15, 0.2) is 99.1 Å². The van der Waals surface area contributed by atoms with Crippen molar-refractivity contribution in [3.63, 3.8) is 0 Å². The fourth-order valence-corrected chi connectivity index (χ4v) is 10.6. The van der Waals surface area contributed by atoms with Crippen molar-refractivity contribution < 1.29 is 4.42 Å². The van der Waals surface area contributed by atoms with Crippen molar-refractivity contribution >= 4 is 11.6 Å². The van der Waals surface area contributed by atoms with E-state index in [0.717, 1.165) is 44.4 Å². The number of furan rings is 1. The molecule has 8 unspecified atom stereocenters. The lowest BCUT2D eigenvalue weighted by molar-refractivity contribution is 0.292. The van der Waals surface area contributed by atoms with Gasteiger partial charge in [-0.1, -0.05) is 92.3 Å². The predicted octanol–water partition coefficient (Wildman–Crippen LogP) is 11.0. The largest absolute Gasteiger partial charge is 0.460 e. The van der Waals surface area contributed by atoms with Crippen LogP contribution in [0.3, 0.4) is 0 Å². The lowest BCUT2D eigenvalue weighted by atomic mass is 9.76. The van der Waals surface area contributed by atoms with E-state index in [9.17, 15) is 0 Å². The highest BCUT2D eigenvalue weighted by atomic mass is 16.3. The van der Waals surface area contributed by atoms with Crippen molar-refractivity contribution in [2.75, 3.05) is 0 Å². The molecule has 0 radical (unpaired) electrons. The highest BCUT2D eigenvalue weighted by molar-refractivity contribution is 5.83. The van der Waals surface area contributed by atoms with E-state index < -0.39 is 0 Å². The fourth-order valence-electron chi connectivity index (χ4n) is 10.6. The standard InChI is InChI=1S/C45H53NO/c1-28(31-9-4-3-5-10-31)15-16-30-17-18-34-23-26-40(46-41(34)27-30)33-21-19-32(20-22-33)36-13-8-12-35-29(2)43-39(44(35)36)25-24-38-37-11-6-7-14-42(37)47-45(38)43/h6,8-9,11,13,17-21,23,26,28-30,33-35,40-41,46H,3-5,7,10,12,14-16,22,24-25,27H2,1-2H3. The van der Waals surface area contributed by atoms with Crippen molar-refractivity contribution in [1.29, 1.82) is 0 Å². The molecule has 0 amide bonds. The predicted molar refractivity (Wildman–Crippen MR) is 196 cm³/mol. The molecule has 7 aliphatic carbocycles. The van der Waals surface area contributed by atoms with E-state index >= 15 is 0 Å². The van der Waals surface area contributed by atoms with Gasteiger partial charge in [0.2, 0.25) is 0 Å². The minimum absolute atomic E-state index is 0.424. The van der Waals surface area contributed by atoms with Gasteiger partial charge in [-0.2, -0.15) is 0 Å². The molecule has 8 aliphatic rings. The van der Waals surface area contributed by atoms with Crippen LogP contribution in [-0.4, -0.2) is 12.1 Å². The molecule has 1 aliphatic heterocycles. The van der Waals surface area contributed by atoms with E-state index in [4.69, 9.17) is 4.42 Å². The summed E-state index contributed by atoms with van der Waals surface area (Å²) in [7, 11) is 0. The topological polar surface area (TPSA) is 25.2 Å². The minimum atomic E-state index is 0.424. The molecule has 2 heterocycles. The Morgan fingerprint density at radius 1 is 0.872 bits per heavy atom. The molecule has 47 heavy (non-hydrogen) atoms. The molecule has 244 valence electrons. The van der Waals surface area contributed by atoms with Gasteiger partial charge in [0.1, 0.15) is 11.5 Å². The van der Waals surface area contributed by atoms with Crippen molar-refractivity contribution in [2.24, 2.45) is 35.5 Å². The molecular formula is C45H53NO. The zero-order valence-corrected chi connectivity index (χ0v) is 28.6. The lowest BCUT2D eigenvalue weighted by Crippen LogP contribution is -2.49. The first-order valence-corrected chi connectivity index (χ1v) is 19.3. The van der Waals surface area contributed by atoms with Crippen molar-refractivity contribution in [2.45, 2.75) is 109 Å². The fraction of sp³-hybridized carbons (Fsp3) is 0.511. The zero-order valence-electron chi connectivity index (χ0n) is 28.6. The average Bonchev–Trinajstić information content (AvgIpc) is 3.65. The molecule has 8 atom stereocenters. The van der Waals surface area contributed by atoms with Gasteiger partial charge in [0.15, 0.2) is 0 Å². The van der Waals surface area contributed by atoms with Gasteiger partial charge < -0.3 is 9.73 Å². The molecule has 0 fully saturated rings. The SMILES string of the molecule is CC(CCC1C=CC2C=CC(C3C=CC(C4=C5C6=C(c7oc8c(c7CC6)C=CCC8)C(C)C5CC=C4)=CC3)NC2C1)C1=CCCCC1. The van der Waals surface area contributed by atoms with Gasteiger partial charge in [0.05, 0.1) is 0 Å². The van der Waals surface area contributed by atoms with Crippen LogP contribution >= 0.6 is 0 Å². The number of rotatable bonds is 6. The summed E-state index contributed by atoms with van der Waals surface area (Å²) in [6, 6.07) is 0.993. The molecule has 0 saturated heterocycles. The molecule has 2 heteroatoms. The van der Waals surface area contributed by atoms with Gasteiger partial charge in [-0.15, -0.1) is 0 Å². The van der Waals surface area contributed by atoms with Crippen LogP contribution in [-0.2, 0) is 12.8 Å². The van der Waals surface area contributed by atoms with Gasteiger partial charge >= 0.3 is 0 Å². The summed E-state index contributed by atoms with van der Waals surface area (Å²) in [5.74, 6) is 6.08. The Hall–Kier alpha value is -3.10. The van der Waals surface area contributed by atoms with E-state index in [-0.39, 0.29) is 0 Å². The Balaban J connectivity index is 0.891. The number of nitrogens with one attached hydrogen (secondary N) is 1. The second-order valence-corrected chi connectivity index (χ2v) is 16.0. The number of aryl methyl sites for hydroxylation is 1. The molecule has 1 N–H and O–H groups in total. The maximum Gasteiger partial charge on any atom is 0.134 e. The van der Waals surface area contributed by atoms with Gasteiger partial charge in [0.25, 0.3) is 0 Å². The van der Waals surface area contributed by atoms with Crippen molar-refractivity contribution in [3.05, 3.63) is 117 Å². The van der Waals surface area contributed by atoms with E-state index in [0.29, 0.717) is 41.7 Å². The maximum absolute atomic E-state index is 6.67. The number of hydrogen-bond donors (Lipinski definition) is 1. The number of allylic oxidation sites excluding steroid dienone is 13. The summed E-state index contributed by atoms with van der Waals surface area (Å²) in [5.41, 5.74) is 12.3. The smallest absolute Gasteiger partial charge is 0.134 e. The Labute approximate surface area is 282 Å². The molecule has 0 bridgehead atoms. The highest BCUT2D eigenvalue weighted by Gasteiger charge is 2.43. The first-order chi connectivity index (χ1) is 23.1. The minimum Gasteiger partial charge on any atom is -0.460 e. The van der Waals surface area contributed by atoms with Crippen LogP contribution in [0.1, 0.15) is 107 Å². The van der Waals surface area contributed by atoms with E-state index in [1.807, 2.05) is 0 Å². The first-order valence-electron chi connectivity index (χ1n) is 19.3. The molecular weight excluding hydrogens is 571 g/mol. The third-order valence-corrected chi connectivity index (χ3v) is 13.3. The lowest BCUT2D eigenvalue weighted by Gasteiger charge is -2.39. The van der Waals surface area contributed by atoms with Crippen molar-refractivity contribution in [1.82, 2.24) is 5.32 Å². The Kier molecular flexibility index (Phi) is 7.92. The number of fused-ring (bicyclic) bond motifs is 7. The quantitative estimate of drug-likeness (QED) is 0.319. The van der Waals surface area contributed by atoms with E-state index in [2.05, 4.69) is 92.1 Å². The summed E-state index contributed by atoms with van der Waals surface area (Å²) in [6.45, 7) is 4.93. The van der Waals surface area contributed by atoms with Crippen LogP contribution in [0.2, 0.25) is 0 Å². The molecule has 0 spiro atoms. The van der Waals surface area contributed by atoms with Gasteiger partial charge in [-0.3, -0.25) is 0 Å². The monoisotopic (exact) mass is 623 g/mol. The van der Waals surface area contributed by atoms with Crippen LogP contribution in [0.4, 0.5) is 0 Å². The third-order valence-electron chi connectivity index (χ3n) is 13.3. The molecule has 0 aromatic carbocycles. The Morgan fingerprint density at radius 3 is 2.68 bits per heavy atom. The molecule has 9 rings (SSSR count). The number of hydrogen-bond acceptors (Lipinski definition) is 2. The van der Waals surface area contributed by atoms with Crippen LogP contribution in [0.5, 0.6) is 0 Å². The van der Waals surface area contributed by atoms with E-state index in [1.165, 1.54) is 84.3 Å². The molecule has 2 nitrogen and oxygen atoms in total. The molecule has 1 aromatic heterocycles. The Bertz CT molecular complexity index is 1710. The first kappa shape index (κ1) is 30.0. The van der Waals surface area contributed by atoms with E-state index in [1.54, 1.807) is 16.7 Å². The maximum atomic E-state index is 6.67. The molecule has 1 aromatic rings.